The van der Waals surface area contributed by atoms with E-state index < -0.39 is 0 Å². The summed E-state index contributed by atoms with van der Waals surface area (Å²) in [6.45, 7) is 5.81. The van der Waals surface area contributed by atoms with E-state index in [-0.39, 0.29) is 17.8 Å². The van der Waals surface area contributed by atoms with E-state index in [1.54, 1.807) is 6.92 Å². The molecule has 0 aliphatic carbocycles. The van der Waals surface area contributed by atoms with E-state index in [2.05, 4.69) is 5.32 Å². The van der Waals surface area contributed by atoms with Gasteiger partial charge in [-0.2, -0.15) is 0 Å². The summed E-state index contributed by atoms with van der Waals surface area (Å²) in [4.78, 5) is 11.9. The van der Waals surface area contributed by atoms with E-state index in [0.29, 0.717) is 11.1 Å². The van der Waals surface area contributed by atoms with Crippen LogP contribution in [0.25, 0.3) is 0 Å². The van der Waals surface area contributed by atoms with Gasteiger partial charge in [0.25, 0.3) is 5.91 Å². The summed E-state index contributed by atoms with van der Waals surface area (Å²) in [6.07, 6.45) is 1.81. The van der Waals surface area contributed by atoms with Gasteiger partial charge in [-0.05, 0) is 43.5 Å². The zero-order valence-corrected chi connectivity index (χ0v) is 10.0. The molecule has 0 heterocycles. The van der Waals surface area contributed by atoms with Gasteiger partial charge in [0.05, 0.1) is 0 Å². The molecule has 0 saturated heterocycles. The summed E-state index contributed by atoms with van der Waals surface area (Å²) in [7, 11) is 0. The maximum Gasteiger partial charge on any atom is 0.251 e. The van der Waals surface area contributed by atoms with Crippen LogP contribution >= 0.6 is 0 Å². The first-order valence-electron chi connectivity index (χ1n) is 5.65. The maximum absolute atomic E-state index is 12.9. The molecule has 2 nitrogen and oxygen atoms in total. The Balaban J connectivity index is 2.80. The third-order valence-corrected chi connectivity index (χ3v) is 2.75. The molecule has 0 saturated carbocycles. The predicted octanol–water partition coefficient (Wildman–Crippen LogP) is 3.05. The minimum Gasteiger partial charge on any atom is -0.349 e. The van der Waals surface area contributed by atoms with Crippen molar-refractivity contribution in [2.24, 2.45) is 0 Å². The fraction of sp³-hybridized carbons (Fsp3) is 0.462. The fourth-order valence-corrected chi connectivity index (χ4v) is 1.64. The number of amides is 1. The van der Waals surface area contributed by atoms with Gasteiger partial charge in [-0.1, -0.05) is 13.8 Å². The van der Waals surface area contributed by atoms with Gasteiger partial charge in [-0.3, -0.25) is 4.79 Å². The van der Waals surface area contributed by atoms with Crippen molar-refractivity contribution in [3.63, 3.8) is 0 Å². The molecule has 1 rings (SSSR count). The number of nitrogens with one attached hydrogen (secondary N) is 1. The smallest absolute Gasteiger partial charge is 0.251 e. The van der Waals surface area contributed by atoms with Gasteiger partial charge in [0.2, 0.25) is 0 Å². The summed E-state index contributed by atoms with van der Waals surface area (Å²) in [5.41, 5.74) is 1.22. The van der Waals surface area contributed by atoms with Crippen molar-refractivity contribution in [1.29, 1.82) is 0 Å². The SMILES string of the molecule is CCC(CC)NC(=O)c1ccc(F)cc1C. The average molecular weight is 223 g/mol. The Morgan fingerprint density at radius 2 is 2.00 bits per heavy atom. The van der Waals surface area contributed by atoms with Gasteiger partial charge in [-0.25, -0.2) is 4.39 Å². The highest BCUT2D eigenvalue weighted by Gasteiger charge is 2.12. The molecule has 0 spiro atoms. The van der Waals surface area contributed by atoms with Crippen LogP contribution in [0.1, 0.15) is 42.6 Å². The van der Waals surface area contributed by atoms with Crippen LogP contribution in [0.15, 0.2) is 18.2 Å². The average Bonchev–Trinajstić information content (AvgIpc) is 2.25. The summed E-state index contributed by atoms with van der Waals surface area (Å²) in [5, 5.41) is 2.93. The van der Waals surface area contributed by atoms with Crippen molar-refractivity contribution in [3.8, 4) is 0 Å². The second-order valence-corrected chi connectivity index (χ2v) is 3.95. The highest BCUT2D eigenvalue weighted by molar-refractivity contribution is 5.95. The molecule has 1 aromatic carbocycles. The van der Waals surface area contributed by atoms with Gasteiger partial charge < -0.3 is 5.32 Å². The Morgan fingerprint density at radius 3 is 2.50 bits per heavy atom. The van der Waals surface area contributed by atoms with Crippen LogP contribution in [0.5, 0.6) is 0 Å². The molecule has 0 radical (unpaired) electrons. The molecule has 1 aromatic rings. The Hall–Kier alpha value is -1.38. The third-order valence-electron chi connectivity index (χ3n) is 2.75. The first kappa shape index (κ1) is 12.7. The lowest BCUT2D eigenvalue weighted by atomic mass is 10.1. The molecule has 0 unspecified atom stereocenters. The van der Waals surface area contributed by atoms with Crippen LogP contribution < -0.4 is 5.32 Å². The molecule has 0 fully saturated rings. The maximum atomic E-state index is 12.9. The summed E-state index contributed by atoms with van der Waals surface area (Å²) < 4.78 is 12.9. The van der Waals surface area contributed by atoms with E-state index in [9.17, 15) is 9.18 Å². The number of halogens is 1. The first-order valence-corrected chi connectivity index (χ1v) is 5.65. The van der Waals surface area contributed by atoms with Gasteiger partial charge in [-0.15, -0.1) is 0 Å². The lowest BCUT2D eigenvalue weighted by Crippen LogP contribution is -2.34. The topological polar surface area (TPSA) is 29.1 Å². The molecule has 1 N–H and O–H groups in total. The Kier molecular flexibility index (Phi) is 4.47. The highest BCUT2D eigenvalue weighted by Crippen LogP contribution is 2.10. The summed E-state index contributed by atoms with van der Waals surface area (Å²) >= 11 is 0. The van der Waals surface area contributed by atoms with Gasteiger partial charge >= 0.3 is 0 Å². The lowest BCUT2D eigenvalue weighted by molar-refractivity contribution is 0.0934. The molecule has 0 bridgehead atoms. The molecule has 0 aliphatic rings. The molecule has 1 amide bonds. The van der Waals surface area contributed by atoms with Crippen LogP contribution in [0.3, 0.4) is 0 Å². The highest BCUT2D eigenvalue weighted by atomic mass is 19.1. The Bertz CT molecular complexity index is 372. The molecular weight excluding hydrogens is 205 g/mol. The summed E-state index contributed by atoms with van der Waals surface area (Å²) in [6, 6.07) is 4.41. The molecular formula is C13H18FNO. The summed E-state index contributed by atoms with van der Waals surface area (Å²) in [5.74, 6) is -0.428. The van der Waals surface area contributed by atoms with Gasteiger partial charge in [0, 0.05) is 11.6 Å². The van der Waals surface area contributed by atoms with Crippen LogP contribution in [0.4, 0.5) is 4.39 Å². The van der Waals surface area contributed by atoms with Crippen molar-refractivity contribution in [2.75, 3.05) is 0 Å². The Labute approximate surface area is 95.9 Å². The molecule has 0 atom stereocenters. The van der Waals surface area contributed by atoms with Gasteiger partial charge in [0.15, 0.2) is 0 Å². The number of rotatable bonds is 4. The zero-order valence-electron chi connectivity index (χ0n) is 10.0. The normalized spacial score (nSPS) is 10.6. The van der Waals surface area contributed by atoms with Crippen molar-refractivity contribution < 1.29 is 9.18 Å². The number of carbonyl (C=O) groups excluding carboxylic acids is 1. The van der Waals surface area contributed by atoms with E-state index >= 15 is 0 Å². The number of hydrogen-bond acceptors (Lipinski definition) is 1. The third kappa shape index (κ3) is 3.05. The van der Waals surface area contributed by atoms with E-state index in [1.165, 1.54) is 18.2 Å². The van der Waals surface area contributed by atoms with E-state index in [1.807, 2.05) is 13.8 Å². The predicted molar refractivity (Wildman–Crippen MR) is 63.0 cm³/mol. The van der Waals surface area contributed by atoms with Crippen molar-refractivity contribution in [3.05, 3.63) is 35.1 Å². The minimum atomic E-state index is -0.309. The fourth-order valence-electron chi connectivity index (χ4n) is 1.64. The second kappa shape index (κ2) is 5.64. The zero-order chi connectivity index (χ0) is 12.1. The second-order valence-electron chi connectivity index (χ2n) is 3.95. The van der Waals surface area contributed by atoms with Crippen LogP contribution in [0.2, 0.25) is 0 Å². The van der Waals surface area contributed by atoms with E-state index in [0.717, 1.165) is 12.8 Å². The first-order chi connectivity index (χ1) is 7.58. The van der Waals surface area contributed by atoms with Crippen LogP contribution in [-0.4, -0.2) is 11.9 Å². The largest absolute Gasteiger partial charge is 0.349 e. The number of aryl methyl sites for hydroxylation is 1. The van der Waals surface area contributed by atoms with Crippen LogP contribution in [-0.2, 0) is 0 Å². The quantitative estimate of drug-likeness (QED) is 0.835. The standard InChI is InChI=1S/C13H18FNO/c1-4-11(5-2)15-13(16)12-7-6-10(14)8-9(12)3/h6-8,11H,4-5H2,1-3H3,(H,15,16). The minimum absolute atomic E-state index is 0.119. The van der Waals surface area contributed by atoms with E-state index in [4.69, 9.17) is 0 Å². The number of hydrogen-bond donors (Lipinski definition) is 1. The monoisotopic (exact) mass is 223 g/mol. The number of carbonyl (C=O) groups is 1. The van der Waals surface area contributed by atoms with Crippen LogP contribution in [0, 0.1) is 12.7 Å². The number of benzene rings is 1. The molecule has 88 valence electrons. The molecule has 0 aliphatic heterocycles. The molecule has 16 heavy (non-hydrogen) atoms. The van der Waals surface area contributed by atoms with Gasteiger partial charge in [0.1, 0.15) is 5.82 Å². The molecule has 0 aromatic heterocycles. The molecule has 3 heteroatoms. The van der Waals surface area contributed by atoms with Crippen molar-refractivity contribution in [1.82, 2.24) is 5.32 Å². The van der Waals surface area contributed by atoms with Crippen molar-refractivity contribution in [2.45, 2.75) is 39.7 Å². The Morgan fingerprint density at radius 1 is 1.38 bits per heavy atom. The van der Waals surface area contributed by atoms with Crippen molar-refractivity contribution >= 4 is 5.91 Å². The lowest BCUT2D eigenvalue weighted by Gasteiger charge is -2.15.